The molecule has 0 aromatic heterocycles. The number of hydrogen-bond acceptors (Lipinski definition) is 3. The molecule has 0 saturated carbocycles. The molecule has 28 heavy (non-hydrogen) atoms. The van der Waals surface area contributed by atoms with Crippen molar-refractivity contribution < 1.29 is 19.3 Å². The Morgan fingerprint density at radius 3 is 2.29 bits per heavy atom. The Labute approximate surface area is 169 Å². The number of para-hydroxylation sites is 1. The Morgan fingerprint density at radius 1 is 0.929 bits per heavy atom. The number of rotatable bonds is 6. The van der Waals surface area contributed by atoms with Crippen LogP contribution in [-0.2, 0) is 9.59 Å². The molecule has 2 aromatic carbocycles. The van der Waals surface area contributed by atoms with Gasteiger partial charge in [0.1, 0.15) is 0 Å². The molecule has 148 valence electrons. The van der Waals surface area contributed by atoms with E-state index in [0.717, 1.165) is 11.1 Å². The van der Waals surface area contributed by atoms with Crippen molar-refractivity contribution in [2.45, 2.75) is 13.8 Å². The van der Waals surface area contributed by atoms with E-state index in [1.807, 2.05) is 26.0 Å². The minimum atomic E-state index is -0.606. The van der Waals surface area contributed by atoms with Crippen LogP contribution < -0.4 is 20.9 Å². The summed E-state index contributed by atoms with van der Waals surface area (Å²) in [6, 6.07) is 11.9. The molecule has 4 N–H and O–H groups in total. The van der Waals surface area contributed by atoms with Crippen molar-refractivity contribution in [2.75, 3.05) is 30.8 Å². The predicted molar refractivity (Wildman–Crippen MR) is 110 cm³/mol. The molecule has 0 aliphatic rings. The van der Waals surface area contributed by atoms with Gasteiger partial charge in [0.15, 0.2) is 13.1 Å². The third kappa shape index (κ3) is 6.68. The van der Waals surface area contributed by atoms with Crippen LogP contribution in [0, 0.1) is 13.8 Å². The number of amides is 4. The molecule has 0 fully saturated rings. The van der Waals surface area contributed by atoms with Gasteiger partial charge in [0.25, 0.3) is 11.8 Å². The Hall–Kier alpha value is -2.90. The first-order valence-corrected chi connectivity index (χ1v) is 9.16. The lowest BCUT2D eigenvalue weighted by Crippen LogP contribution is -3.11. The molecule has 2 aromatic rings. The fourth-order valence-corrected chi connectivity index (χ4v) is 2.83. The van der Waals surface area contributed by atoms with Crippen LogP contribution in [0.15, 0.2) is 42.5 Å². The van der Waals surface area contributed by atoms with Gasteiger partial charge < -0.3 is 15.5 Å². The number of benzene rings is 2. The molecular weight excluding hydrogens is 380 g/mol. The van der Waals surface area contributed by atoms with Crippen LogP contribution in [0.2, 0.25) is 5.02 Å². The van der Waals surface area contributed by atoms with E-state index in [2.05, 4.69) is 16.0 Å². The lowest BCUT2D eigenvalue weighted by molar-refractivity contribution is -0.862. The largest absolute Gasteiger partial charge is 0.326 e. The first kappa shape index (κ1) is 21.4. The molecule has 0 aliphatic carbocycles. The van der Waals surface area contributed by atoms with Crippen molar-refractivity contribution in [3.8, 4) is 0 Å². The standard InChI is InChI=1S/C20H23ClN4O3/c1-13-8-9-16(14(2)10-13)23-20(28)24-19(27)12-25(3)11-18(26)22-17-7-5-4-6-15(17)21/h4-10H,11-12H2,1-3H3,(H,22,26)(H2,23,24,27,28)/p+1. The number of carbonyl (C=O) groups is 3. The average Bonchev–Trinajstić information content (AvgIpc) is 2.59. The number of nitrogens with one attached hydrogen (secondary N) is 4. The van der Waals surface area contributed by atoms with Crippen molar-refractivity contribution in [2.24, 2.45) is 0 Å². The van der Waals surface area contributed by atoms with Gasteiger partial charge in [0.2, 0.25) is 0 Å². The number of quaternary nitrogens is 1. The zero-order valence-electron chi connectivity index (χ0n) is 16.1. The Balaban J connectivity index is 1.79. The van der Waals surface area contributed by atoms with Crippen LogP contribution in [0.5, 0.6) is 0 Å². The monoisotopic (exact) mass is 403 g/mol. The van der Waals surface area contributed by atoms with E-state index in [-0.39, 0.29) is 19.0 Å². The highest BCUT2D eigenvalue weighted by Gasteiger charge is 2.17. The predicted octanol–water partition coefficient (Wildman–Crippen LogP) is 1.76. The molecule has 8 heteroatoms. The number of anilines is 2. The van der Waals surface area contributed by atoms with Crippen LogP contribution in [-0.4, -0.2) is 38.0 Å². The quantitative estimate of drug-likeness (QED) is 0.592. The van der Waals surface area contributed by atoms with Crippen molar-refractivity contribution in [1.82, 2.24) is 5.32 Å². The minimum absolute atomic E-state index is 0.0315. The number of halogens is 1. The van der Waals surface area contributed by atoms with Gasteiger partial charge in [-0.25, -0.2) is 4.79 Å². The zero-order chi connectivity index (χ0) is 20.7. The molecule has 7 nitrogen and oxygen atoms in total. The van der Waals surface area contributed by atoms with Crippen LogP contribution in [0.4, 0.5) is 16.2 Å². The summed E-state index contributed by atoms with van der Waals surface area (Å²) in [6.45, 7) is 3.86. The molecule has 0 spiro atoms. The summed E-state index contributed by atoms with van der Waals surface area (Å²) in [5.41, 5.74) is 3.14. The average molecular weight is 404 g/mol. The molecule has 1 unspecified atom stereocenters. The highest BCUT2D eigenvalue weighted by molar-refractivity contribution is 6.33. The Morgan fingerprint density at radius 2 is 1.61 bits per heavy atom. The number of hydrogen-bond donors (Lipinski definition) is 4. The van der Waals surface area contributed by atoms with Gasteiger partial charge in [-0.15, -0.1) is 0 Å². The SMILES string of the molecule is Cc1ccc(NC(=O)NC(=O)C[NH+](C)CC(=O)Nc2ccccc2Cl)c(C)c1. The summed E-state index contributed by atoms with van der Waals surface area (Å²) in [5, 5.41) is 8.05. The summed E-state index contributed by atoms with van der Waals surface area (Å²) >= 11 is 6.00. The molecule has 0 radical (unpaired) electrons. The first-order chi connectivity index (χ1) is 13.2. The van der Waals surface area contributed by atoms with Crippen molar-refractivity contribution in [3.63, 3.8) is 0 Å². The first-order valence-electron chi connectivity index (χ1n) is 8.78. The van der Waals surface area contributed by atoms with E-state index in [4.69, 9.17) is 11.6 Å². The van der Waals surface area contributed by atoms with Crippen LogP contribution >= 0.6 is 11.6 Å². The van der Waals surface area contributed by atoms with Gasteiger partial charge in [0.05, 0.1) is 17.8 Å². The van der Waals surface area contributed by atoms with Crippen molar-refractivity contribution in [3.05, 3.63) is 58.6 Å². The number of likely N-dealkylation sites (N-methyl/N-ethyl adjacent to an activating group) is 1. The molecule has 1 atom stereocenters. The van der Waals surface area contributed by atoms with Crippen LogP contribution in [0.1, 0.15) is 11.1 Å². The third-order valence-electron chi connectivity index (χ3n) is 3.96. The number of carbonyl (C=O) groups excluding carboxylic acids is 3. The van der Waals surface area contributed by atoms with Crippen molar-refractivity contribution in [1.29, 1.82) is 0 Å². The third-order valence-corrected chi connectivity index (χ3v) is 4.29. The van der Waals surface area contributed by atoms with Crippen LogP contribution in [0.25, 0.3) is 0 Å². The summed E-state index contributed by atoms with van der Waals surface area (Å²) < 4.78 is 0. The molecule has 2 rings (SSSR count). The lowest BCUT2D eigenvalue weighted by Gasteiger charge is -2.14. The maximum absolute atomic E-state index is 12.1. The molecule has 0 aliphatic heterocycles. The number of imide groups is 1. The summed E-state index contributed by atoms with van der Waals surface area (Å²) in [5.74, 6) is -0.761. The van der Waals surface area contributed by atoms with E-state index < -0.39 is 11.9 Å². The maximum atomic E-state index is 12.1. The van der Waals surface area contributed by atoms with Gasteiger partial charge in [0, 0.05) is 5.69 Å². The zero-order valence-corrected chi connectivity index (χ0v) is 16.8. The van der Waals surface area contributed by atoms with E-state index in [1.54, 1.807) is 37.4 Å². The lowest BCUT2D eigenvalue weighted by atomic mass is 10.1. The fourth-order valence-electron chi connectivity index (χ4n) is 2.65. The second kappa shape index (κ2) is 9.87. The summed E-state index contributed by atoms with van der Waals surface area (Å²) in [6.07, 6.45) is 0. The molecule has 0 saturated heterocycles. The van der Waals surface area contributed by atoms with Gasteiger partial charge in [-0.3, -0.25) is 14.9 Å². The Kier molecular flexibility index (Phi) is 7.54. The topological polar surface area (TPSA) is 91.7 Å². The fraction of sp³-hybridized carbons (Fsp3) is 0.250. The smallest absolute Gasteiger partial charge is 0.322 e. The van der Waals surface area contributed by atoms with Crippen LogP contribution in [0.3, 0.4) is 0 Å². The van der Waals surface area contributed by atoms with E-state index in [0.29, 0.717) is 21.3 Å². The number of urea groups is 1. The normalized spacial score (nSPS) is 11.4. The van der Waals surface area contributed by atoms with Gasteiger partial charge in [-0.05, 0) is 37.6 Å². The molecule has 0 heterocycles. The Bertz CT molecular complexity index is 886. The molecular formula is C20H24ClN4O3+. The van der Waals surface area contributed by atoms with E-state index >= 15 is 0 Å². The van der Waals surface area contributed by atoms with E-state index in [1.165, 1.54) is 0 Å². The van der Waals surface area contributed by atoms with Gasteiger partial charge >= 0.3 is 6.03 Å². The van der Waals surface area contributed by atoms with E-state index in [9.17, 15) is 14.4 Å². The minimum Gasteiger partial charge on any atom is -0.322 e. The van der Waals surface area contributed by atoms with Gasteiger partial charge in [-0.1, -0.05) is 41.4 Å². The number of aryl methyl sites for hydroxylation is 2. The summed E-state index contributed by atoms with van der Waals surface area (Å²) in [4.78, 5) is 36.7. The second-order valence-electron chi connectivity index (χ2n) is 6.66. The second-order valence-corrected chi connectivity index (χ2v) is 7.07. The molecule has 4 amide bonds. The maximum Gasteiger partial charge on any atom is 0.326 e. The van der Waals surface area contributed by atoms with Crippen molar-refractivity contribution >= 4 is 40.8 Å². The highest BCUT2D eigenvalue weighted by atomic mass is 35.5. The van der Waals surface area contributed by atoms with Gasteiger partial charge in [-0.2, -0.15) is 0 Å². The summed E-state index contributed by atoms with van der Waals surface area (Å²) in [7, 11) is 1.69. The highest BCUT2D eigenvalue weighted by Crippen LogP contribution is 2.20. The molecule has 0 bridgehead atoms.